The molecule has 0 atom stereocenters. The van der Waals surface area contributed by atoms with E-state index in [1.165, 1.54) is 18.6 Å². The van der Waals surface area contributed by atoms with Crippen molar-refractivity contribution < 1.29 is 13.9 Å². The van der Waals surface area contributed by atoms with Gasteiger partial charge in [-0.25, -0.2) is 9.37 Å². The van der Waals surface area contributed by atoms with Gasteiger partial charge in [0.15, 0.2) is 0 Å². The number of nitrogens with zero attached hydrogens (tertiary/aromatic N) is 4. The van der Waals surface area contributed by atoms with E-state index in [0.29, 0.717) is 43.5 Å². The van der Waals surface area contributed by atoms with Gasteiger partial charge in [-0.3, -0.25) is 4.79 Å². The fourth-order valence-electron chi connectivity index (χ4n) is 4.40. The van der Waals surface area contributed by atoms with E-state index >= 15 is 0 Å². The molecule has 0 spiro atoms. The number of amides is 1. The van der Waals surface area contributed by atoms with Crippen LogP contribution in [-0.2, 0) is 24.2 Å². The highest BCUT2D eigenvalue weighted by molar-refractivity contribution is 5.79. The summed E-state index contributed by atoms with van der Waals surface area (Å²) in [5, 5.41) is 0. The molecule has 0 bridgehead atoms. The van der Waals surface area contributed by atoms with Crippen molar-refractivity contribution in [1.29, 1.82) is 0 Å². The summed E-state index contributed by atoms with van der Waals surface area (Å²) in [5.74, 6) is 1.38. The third kappa shape index (κ3) is 4.97. The van der Waals surface area contributed by atoms with Gasteiger partial charge in [0.25, 0.3) is 0 Å². The van der Waals surface area contributed by atoms with Crippen molar-refractivity contribution in [2.24, 2.45) is 0 Å². The van der Waals surface area contributed by atoms with Crippen LogP contribution in [0.1, 0.15) is 36.1 Å². The zero-order valence-electron chi connectivity index (χ0n) is 18.5. The van der Waals surface area contributed by atoms with Gasteiger partial charge in [-0.15, -0.1) is 0 Å². The van der Waals surface area contributed by atoms with Crippen molar-refractivity contribution in [3.63, 3.8) is 0 Å². The number of rotatable bonds is 5. The second-order valence-corrected chi connectivity index (χ2v) is 8.59. The van der Waals surface area contributed by atoms with Crippen LogP contribution in [-0.4, -0.2) is 40.4 Å². The third-order valence-corrected chi connectivity index (χ3v) is 6.23. The summed E-state index contributed by atoms with van der Waals surface area (Å²) in [7, 11) is 0. The lowest BCUT2D eigenvalue weighted by Gasteiger charge is -2.32. The van der Waals surface area contributed by atoms with E-state index in [0.717, 1.165) is 42.8 Å². The van der Waals surface area contributed by atoms with E-state index in [1.807, 2.05) is 35.2 Å². The Morgan fingerprint density at radius 1 is 0.939 bits per heavy atom. The molecule has 1 saturated heterocycles. The van der Waals surface area contributed by atoms with Crippen LogP contribution in [0.15, 0.2) is 54.6 Å². The molecule has 1 aromatic heterocycles. The quantitative estimate of drug-likeness (QED) is 0.577. The van der Waals surface area contributed by atoms with Crippen LogP contribution in [0.2, 0.25) is 0 Å². The van der Waals surface area contributed by atoms with Gasteiger partial charge >= 0.3 is 0 Å². The van der Waals surface area contributed by atoms with Crippen molar-refractivity contribution in [3.8, 4) is 11.6 Å². The highest BCUT2D eigenvalue weighted by Crippen LogP contribution is 2.32. The molecule has 6 nitrogen and oxygen atoms in total. The predicted molar refractivity (Wildman–Crippen MR) is 124 cm³/mol. The summed E-state index contributed by atoms with van der Waals surface area (Å²) >= 11 is 0. The number of anilines is 1. The van der Waals surface area contributed by atoms with Gasteiger partial charge in [0, 0.05) is 26.1 Å². The zero-order chi connectivity index (χ0) is 22.6. The molecule has 1 amide bonds. The normalized spacial score (nSPS) is 15.8. The molecule has 3 heterocycles. The number of hydrogen-bond donors (Lipinski definition) is 0. The molecular weight excluding hydrogens is 419 g/mol. The number of ether oxygens (including phenoxy) is 1. The Balaban J connectivity index is 1.43. The van der Waals surface area contributed by atoms with E-state index in [2.05, 4.69) is 4.90 Å². The van der Waals surface area contributed by atoms with Crippen molar-refractivity contribution in [2.75, 3.05) is 24.5 Å². The van der Waals surface area contributed by atoms with E-state index in [-0.39, 0.29) is 11.7 Å². The first-order chi connectivity index (χ1) is 16.2. The second-order valence-electron chi connectivity index (χ2n) is 8.59. The molecule has 2 aromatic carbocycles. The second kappa shape index (κ2) is 9.57. The van der Waals surface area contributed by atoms with Crippen LogP contribution in [0.4, 0.5) is 10.3 Å². The van der Waals surface area contributed by atoms with Gasteiger partial charge in [0.1, 0.15) is 11.6 Å². The van der Waals surface area contributed by atoms with Crippen LogP contribution < -0.4 is 9.64 Å². The summed E-state index contributed by atoms with van der Waals surface area (Å²) in [6.45, 7) is 2.87. The number of piperidine rings is 1. The van der Waals surface area contributed by atoms with Crippen molar-refractivity contribution in [2.45, 2.75) is 38.6 Å². The summed E-state index contributed by atoms with van der Waals surface area (Å²) in [6.07, 6.45) is 4.47. The first kappa shape index (κ1) is 21.4. The molecule has 33 heavy (non-hydrogen) atoms. The van der Waals surface area contributed by atoms with Gasteiger partial charge in [-0.2, -0.15) is 4.98 Å². The van der Waals surface area contributed by atoms with Crippen LogP contribution in [0.5, 0.6) is 11.6 Å². The van der Waals surface area contributed by atoms with E-state index in [1.54, 1.807) is 12.1 Å². The fraction of sp³-hybridized carbons (Fsp3) is 0.346. The molecule has 0 saturated carbocycles. The lowest BCUT2D eigenvalue weighted by atomic mass is 10.0. The number of carbonyl (C=O) groups excluding carboxylic acids is 1. The topological polar surface area (TPSA) is 58.6 Å². The highest BCUT2D eigenvalue weighted by atomic mass is 19.1. The van der Waals surface area contributed by atoms with Crippen LogP contribution >= 0.6 is 0 Å². The SMILES string of the molecule is O=C(Cc1ccccc1)N1CCc2nc(N3CCCCC3)nc(Oc3ccc(F)cc3)c2C1. The number of carbonyl (C=O) groups is 1. The van der Waals surface area contributed by atoms with Crippen LogP contribution in [0.3, 0.4) is 0 Å². The molecule has 3 aromatic rings. The minimum atomic E-state index is -0.321. The zero-order valence-corrected chi connectivity index (χ0v) is 18.5. The Kier molecular flexibility index (Phi) is 6.19. The average molecular weight is 447 g/mol. The predicted octanol–water partition coefficient (Wildman–Crippen LogP) is 4.53. The molecule has 7 heteroatoms. The Morgan fingerprint density at radius 3 is 2.45 bits per heavy atom. The maximum absolute atomic E-state index is 13.4. The van der Waals surface area contributed by atoms with Gasteiger partial charge < -0.3 is 14.5 Å². The molecule has 170 valence electrons. The fourth-order valence-corrected chi connectivity index (χ4v) is 4.40. The summed E-state index contributed by atoms with van der Waals surface area (Å²) in [4.78, 5) is 26.7. The maximum Gasteiger partial charge on any atom is 0.229 e. The Morgan fingerprint density at radius 2 is 1.70 bits per heavy atom. The molecule has 2 aliphatic rings. The number of fused-ring (bicyclic) bond motifs is 1. The van der Waals surface area contributed by atoms with E-state index in [4.69, 9.17) is 14.7 Å². The number of benzene rings is 2. The maximum atomic E-state index is 13.4. The lowest BCUT2D eigenvalue weighted by Crippen LogP contribution is -2.38. The molecule has 0 radical (unpaired) electrons. The minimum Gasteiger partial charge on any atom is -0.438 e. The molecule has 5 rings (SSSR count). The van der Waals surface area contributed by atoms with E-state index < -0.39 is 0 Å². The molecule has 0 aliphatic carbocycles. The Labute approximate surface area is 193 Å². The summed E-state index contributed by atoms with van der Waals surface area (Å²) in [6, 6.07) is 15.7. The first-order valence-electron chi connectivity index (χ1n) is 11.6. The van der Waals surface area contributed by atoms with Crippen molar-refractivity contribution in [3.05, 3.63) is 77.2 Å². The average Bonchev–Trinajstić information content (AvgIpc) is 2.86. The minimum absolute atomic E-state index is 0.0692. The van der Waals surface area contributed by atoms with Gasteiger partial charge in [-0.05, 0) is 49.1 Å². The van der Waals surface area contributed by atoms with Crippen LogP contribution in [0, 0.1) is 5.82 Å². The van der Waals surface area contributed by atoms with Crippen molar-refractivity contribution in [1.82, 2.24) is 14.9 Å². The molecule has 0 unspecified atom stereocenters. The molecule has 2 aliphatic heterocycles. The van der Waals surface area contributed by atoms with Crippen molar-refractivity contribution >= 4 is 11.9 Å². The molecular formula is C26H27FN4O2. The van der Waals surface area contributed by atoms with Gasteiger partial charge in [0.05, 0.1) is 24.2 Å². The standard InChI is InChI=1S/C26H27FN4O2/c27-20-9-11-21(12-10-20)33-25-22-18-31(24(32)17-19-7-3-1-4-8-19)16-13-23(22)28-26(29-25)30-14-5-2-6-15-30/h1,3-4,7-12H,2,5-6,13-18H2. The largest absolute Gasteiger partial charge is 0.438 e. The lowest BCUT2D eigenvalue weighted by molar-refractivity contribution is -0.131. The Hall–Kier alpha value is -3.48. The summed E-state index contributed by atoms with van der Waals surface area (Å²) < 4.78 is 19.5. The third-order valence-electron chi connectivity index (χ3n) is 6.23. The smallest absolute Gasteiger partial charge is 0.229 e. The highest BCUT2D eigenvalue weighted by Gasteiger charge is 2.28. The van der Waals surface area contributed by atoms with Gasteiger partial charge in [-0.1, -0.05) is 30.3 Å². The molecule has 0 N–H and O–H groups in total. The summed E-state index contributed by atoms with van der Waals surface area (Å²) in [5.41, 5.74) is 2.74. The van der Waals surface area contributed by atoms with E-state index in [9.17, 15) is 9.18 Å². The number of aromatic nitrogens is 2. The van der Waals surface area contributed by atoms with Gasteiger partial charge in [0.2, 0.25) is 17.7 Å². The van der Waals surface area contributed by atoms with Crippen LogP contribution in [0.25, 0.3) is 0 Å². The molecule has 1 fully saturated rings. The number of hydrogen-bond acceptors (Lipinski definition) is 5. The monoisotopic (exact) mass is 446 g/mol. The first-order valence-corrected chi connectivity index (χ1v) is 11.6. The number of halogens is 1. The Bertz CT molecular complexity index is 1120.